The lowest BCUT2D eigenvalue weighted by Crippen LogP contribution is -2.51. The zero-order valence-corrected chi connectivity index (χ0v) is 86.3. The van der Waals surface area contributed by atoms with Crippen molar-refractivity contribution >= 4 is 174 Å². The zero-order valence-electron chi connectivity index (χ0n) is 81.7. The topological polar surface area (TPSA) is 396 Å². The number of aromatic nitrogens is 7. The fraction of sp³-hybridized carbons (Fsp3) is 0.410. The molecule has 43 heteroatoms. The molecule has 0 saturated carbocycles. The first kappa shape index (κ1) is 111. The molecular formula is C100H124Cl6N20O17. The Hall–Kier alpha value is -12.5. The number of fused-ring (bicyclic) bond motifs is 1. The number of pyridine rings is 1. The van der Waals surface area contributed by atoms with Crippen molar-refractivity contribution in [3.05, 3.63) is 200 Å². The predicted molar refractivity (Wildman–Crippen MR) is 562 cm³/mol. The summed E-state index contributed by atoms with van der Waals surface area (Å²) in [5, 5.41) is 16.9. The van der Waals surface area contributed by atoms with E-state index in [1.165, 1.54) is 102 Å². The number of hydrogen-bond acceptors (Lipinski definition) is 29. The van der Waals surface area contributed by atoms with Crippen LogP contribution in [0.5, 0.6) is 34.5 Å². The third-order valence-electron chi connectivity index (χ3n) is 24.6. The highest BCUT2D eigenvalue weighted by Crippen LogP contribution is 2.49. The molecule has 9 heterocycles. The Morgan fingerprint density at radius 2 is 1.02 bits per heavy atom. The lowest BCUT2D eigenvalue weighted by molar-refractivity contribution is -0.132. The SMILES string of the molecule is C=CC(=O)CC1CCOCC1Nc1cc(N(CC2CCN(C(=O)/C=C/CN(C)C)CC2)C(=O)Nc2c(Cl)c(OC)cc(OC)c2Cl)ncn1.C=CC(=O)CC1COCC1Nc1cc(N(CCN2CCN(C(=O)C=C)CC2)C(=O)Nc2c(Cl)c(OC)cc(OC)c2Cl)ncn1.C=CC(=O)Cc1cccc(C)c1Nc1ncc2cc(-c3c(Cl)c(OC)cc(OC)c3Cl)c(=O)n(CC3CN(C(=O)/C=C/CN(C)C)C3)c2n1.[HH].[HH]. The molecule has 0 spiro atoms. The number of hydrogen-bond donors (Lipinski definition) is 5. The summed E-state index contributed by atoms with van der Waals surface area (Å²) in [6.07, 6.45) is 19.3. The molecule has 0 aliphatic carbocycles. The average Bonchev–Trinajstić information content (AvgIpc) is 1.27. The van der Waals surface area contributed by atoms with Gasteiger partial charge in [0.05, 0.1) is 102 Å². The number of piperazine rings is 1. The van der Waals surface area contributed by atoms with Crippen molar-refractivity contribution in [3.8, 4) is 45.6 Å². The fourth-order valence-corrected chi connectivity index (χ4v) is 18.5. The quantitative estimate of drug-likeness (QED) is 0.0223. The number of ketones is 3. The van der Waals surface area contributed by atoms with Gasteiger partial charge in [0.25, 0.3) is 5.56 Å². The second-order valence-corrected chi connectivity index (χ2v) is 37.0. The smallest absolute Gasteiger partial charge is 0.327 e. The molecule has 0 bridgehead atoms. The number of likely N-dealkylation sites (tertiary alicyclic amines) is 2. The highest BCUT2D eigenvalue weighted by molar-refractivity contribution is 6.43. The van der Waals surface area contributed by atoms with E-state index in [1.54, 1.807) is 57.0 Å². The second kappa shape index (κ2) is 53.2. The first-order chi connectivity index (χ1) is 68.7. The first-order valence-corrected chi connectivity index (χ1v) is 48.3. The molecule has 37 nitrogen and oxygen atoms in total. The molecule has 5 fully saturated rings. The predicted octanol–water partition coefficient (Wildman–Crippen LogP) is 15.1. The van der Waals surface area contributed by atoms with E-state index in [4.69, 9.17) is 112 Å². The number of amides is 7. The molecule has 4 aromatic carbocycles. The Labute approximate surface area is 863 Å². The highest BCUT2D eigenvalue weighted by Gasteiger charge is 2.37. The number of aryl methyl sites for hydroxylation is 1. The molecule has 4 atom stereocenters. The molecule has 143 heavy (non-hydrogen) atoms. The van der Waals surface area contributed by atoms with E-state index >= 15 is 0 Å². The zero-order chi connectivity index (χ0) is 103. The number of anilines is 8. The van der Waals surface area contributed by atoms with Crippen LogP contribution in [0.15, 0.2) is 153 Å². The fourth-order valence-electron chi connectivity index (χ4n) is 16.6. The summed E-state index contributed by atoms with van der Waals surface area (Å²) in [4.78, 5) is 158. The maximum atomic E-state index is 14.5. The Bertz CT molecular complexity index is 6020. The van der Waals surface area contributed by atoms with Gasteiger partial charge in [0, 0.05) is 198 Å². The molecule has 13 rings (SSSR count). The molecule has 5 aliphatic rings. The number of likely N-dealkylation sites (N-methyl/N-ethyl adjacent to an activating group) is 2. The van der Waals surface area contributed by atoms with Crippen molar-refractivity contribution in [1.82, 2.24) is 63.9 Å². The van der Waals surface area contributed by atoms with Crippen molar-refractivity contribution in [2.75, 3.05) is 219 Å². The van der Waals surface area contributed by atoms with Crippen molar-refractivity contribution in [3.63, 3.8) is 0 Å². The van der Waals surface area contributed by atoms with E-state index < -0.39 is 12.1 Å². The van der Waals surface area contributed by atoms with Crippen molar-refractivity contribution in [2.45, 2.75) is 64.1 Å². The average molecular weight is 2090 g/mol. The number of methoxy groups -OCH3 is 6. The van der Waals surface area contributed by atoms with E-state index in [0.29, 0.717) is 189 Å². The Kier molecular flexibility index (Phi) is 41.2. The monoisotopic (exact) mass is 2090 g/mol. The summed E-state index contributed by atoms with van der Waals surface area (Å²) in [5.41, 5.74) is 3.05. The van der Waals surface area contributed by atoms with Crippen LogP contribution in [0.3, 0.4) is 0 Å². The van der Waals surface area contributed by atoms with Crippen molar-refractivity contribution < 1.29 is 79.1 Å². The van der Waals surface area contributed by atoms with Gasteiger partial charge in [-0.25, -0.2) is 34.5 Å². The summed E-state index contributed by atoms with van der Waals surface area (Å²) in [7, 11) is 16.5. The maximum Gasteiger partial charge on any atom is 0.327 e. The van der Waals surface area contributed by atoms with Crippen LogP contribution in [0.25, 0.3) is 22.2 Å². The van der Waals surface area contributed by atoms with Gasteiger partial charge < -0.3 is 89.0 Å². The Balaban J connectivity index is 0.000000241. The Morgan fingerprint density at radius 1 is 0.531 bits per heavy atom. The second-order valence-electron chi connectivity index (χ2n) is 34.8. The minimum Gasteiger partial charge on any atom is -0.495 e. The van der Waals surface area contributed by atoms with Gasteiger partial charge in [-0.3, -0.25) is 52.8 Å². The number of para-hydroxylation sites is 1. The number of halogens is 6. The summed E-state index contributed by atoms with van der Waals surface area (Å²) in [6.45, 7) is 25.0. The third kappa shape index (κ3) is 29.2. The lowest BCUT2D eigenvalue weighted by Gasteiger charge is -2.39. The van der Waals surface area contributed by atoms with Crippen LogP contribution in [0.1, 0.15) is 46.1 Å². The molecule has 5 aliphatic heterocycles. The standard InChI is InChI=1S/C36H38Cl2N6O5.C34H45Cl2N7O6.C30H37Cl2N7O6.2H2/c1-7-25(45)14-23-11-8-10-21(2)33(23)40-36-39-17-24-15-26(30-31(37)27(48-5)16-28(49-6)32(30)38)35(47)44(34(24)41-36)20-22-18-43(19-22)29(46)12-9-13-42(3)4;1-6-24(44)16-23-11-15-49-20-25(23)39-28-18-29(38-21-37-28)43(19-22-9-13-42(14-10-22)30(45)8-7-12-41(2)3)34(46)40-33-31(35)26(47-4)17-27(48-5)32(33)36;1-5-20(40)13-19-16-45-17-21(19)35-24-15-25(34-18-33-24)39(12-9-37-7-10-38(11-8-37)26(41)6-2)30(42)36-29-27(31)22(43-3)14-23(44-4)28(29)32;;/h7-12,15-17,22H,1,13-14,18-20H2,2-6H3,(H,39,40,41);6-8,17-18,21-23,25H,1,9-16,19-20H2,2-5H3,(H,40,46)(H,37,38,39);5-6,14-15,18-19,21H,1-2,7-13,16-17H2,3-4H3,(H,36,42)(H,33,34,35);2*1H/b12-9+;8-7+;;;. The first-order valence-electron chi connectivity index (χ1n) is 46.0. The van der Waals surface area contributed by atoms with E-state index in [2.05, 4.69) is 82.7 Å². The van der Waals surface area contributed by atoms with Crippen LogP contribution >= 0.6 is 69.6 Å². The summed E-state index contributed by atoms with van der Waals surface area (Å²) in [6, 6.07) is 13.8. The summed E-state index contributed by atoms with van der Waals surface area (Å²) < 4.78 is 45.3. The van der Waals surface area contributed by atoms with Gasteiger partial charge >= 0.3 is 12.1 Å². The number of nitrogens with one attached hydrogen (secondary N) is 5. The van der Waals surface area contributed by atoms with E-state index in [-0.39, 0.29) is 180 Å². The van der Waals surface area contributed by atoms with E-state index in [0.717, 1.165) is 11.1 Å². The third-order valence-corrected chi connectivity index (χ3v) is 26.9. The number of allylic oxidation sites excluding steroid dienone is 3. The van der Waals surface area contributed by atoms with Crippen LogP contribution in [-0.2, 0) is 51.2 Å². The molecule has 8 aromatic rings. The van der Waals surface area contributed by atoms with Crippen LogP contribution in [0, 0.1) is 30.6 Å². The summed E-state index contributed by atoms with van der Waals surface area (Å²) in [5.74, 6) is 3.03. The molecule has 7 amide bonds. The number of piperidine rings is 1. The molecule has 0 radical (unpaired) electrons. The van der Waals surface area contributed by atoms with Gasteiger partial charge in [0.15, 0.2) is 17.3 Å². The van der Waals surface area contributed by atoms with Crippen LogP contribution in [-0.4, -0.2) is 305 Å². The van der Waals surface area contributed by atoms with Gasteiger partial charge in [0.2, 0.25) is 23.7 Å². The normalized spacial score (nSPS) is 16.5. The number of ether oxygens (including phenoxy) is 8. The van der Waals surface area contributed by atoms with E-state index in [1.807, 2.05) is 80.2 Å². The van der Waals surface area contributed by atoms with Crippen molar-refractivity contribution in [2.24, 2.45) is 23.7 Å². The van der Waals surface area contributed by atoms with Gasteiger partial charge in [0.1, 0.15) is 96.2 Å². The minimum absolute atomic E-state index is 0. The molecule has 5 saturated heterocycles. The Morgan fingerprint density at radius 3 is 1.54 bits per heavy atom. The number of benzene rings is 4. The largest absolute Gasteiger partial charge is 0.495 e. The molecule has 5 N–H and O–H groups in total. The van der Waals surface area contributed by atoms with Gasteiger partial charge in [-0.15, -0.1) is 0 Å². The van der Waals surface area contributed by atoms with Crippen LogP contribution in [0.2, 0.25) is 30.1 Å². The number of carbonyl (C=O) groups excluding carboxylic acids is 8. The minimum atomic E-state index is -0.558. The molecule has 4 unspecified atom stereocenters. The van der Waals surface area contributed by atoms with Gasteiger partial charge in [-0.05, 0) is 108 Å². The van der Waals surface area contributed by atoms with Gasteiger partial charge in [-0.1, -0.05) is 126 Å². The van der Waals surface area contributed by atoms with Crippen LogP contribution < -0.4 is 70.4 Å². The van der Waals surface area contributed by atoms with E-state index in [9.17, 15) is 43.2 Å². The molecule has 768 valence electrons. The summed E-state index contributed by atoms with van der Waals surface area (Å²) >= 11 is 39.8. The number of carbonyl (C=O) groups is 8. The number of nitrogens with zero attached hydrogens (tertiary/aromatic N) is 15. The van der Waals surface area contributed by atoms with Crippen LogP contribution in [0.4, 0.5) is 55.9 Å². The number of urea groups is 2. The molecular weight excluding hydrogens is 1970 g/mol. The maximum absolute atomic E-state index is 14.5. The number of rotatable bonds is 40. The molecule has 4 aromatic heterocycles. The highest BCUT2D eigenvalue weighted by atomic mass is 35.5. The lowest BCUT2D eigenvalue weighted by atomic mass is 9.90. The van der Waals surface area contributed by atoms with Gasteiger partial charge in [-0.2, -0.15) is 4.98 Å². The van der Waals surface area contributed by atoms with Crippen molar-refractivity contribution in [1.29, 1.82) is 0 Å².